The predicted molar refractivity (Wildman–Crippen MR) is 76.9 cm³/mol. The van der Waals surface area contributed by atoms with Crippen LogP contribution in [0.2, 0.25) is 5.02 Å². The predicted octanol–water partition coefficient (Wildman–Crippen LogP) is 3.30. The maximum absolute atomic E-state index is 6.31. The van der Waals surface area contributed by atoms with E-state index >= 15 is 0 Å². The van der Waals surface area contributed by atoms with Gasteiger partial charge in [0.1, 0.15) is 0 Å². The monoisotopic (exact) mass is 287 g/mol. The molecule has 1 N–H and O–H groups in total. The molecule has 2 atom stereocenters. The van der Waals surface area contributed by atoms with Crippen molar-refractivity contribution in [2.75, 3.05) is 13.1 Å². The summed E-state index contributed by atoms with van der Waals surface area (Å²) in [6.45, 7) is 7.00. The van der Waals surface area contributed by atoms with Gasteiger partial charge in [0, 0.05) is 29.6 Å². The Hall–Kier alpha value is -0.280. The molecule has 18 heavy (non-hydrogen) atoms. The van der Waals surface area contributed by atoms with E-state index in [-0.39, 0.29) is 18.0 Å². The Balaban J connectivity index is 0.00000120. The van der Waals surface area contributed by atoms with Gasteiger partial charge in [-0.3, -0.25) is 0 Å². The number of hydrogen-bond donors (Lipinski definition) is 1. The second-order valence-corrected chi connectivity index (χ2v) is 5.64. The highest BCUT2D eigenvalue weighted by atomic mass is 35.5. The standard InChI is InChI=1S/C14H18ClNO.ClH/c1-3-9-4-5-12(15)10-7-17-14(2)8-16-6-11(14)13(9)10;/h4-5,11,16H,3,6-8H2,1-2H3;1H/t11-,14-;/m1./s1. The molecule has 0 radical (unpaired) electrons. The topological polar surface area (TPSA) is 21.3 Å². The van der Waals surface area contributed by atoms with E-state index in [4.69, 9.17) is 16.3 Å². The van der Waals surface area contributed by atoms with Gasteiger partial charge in [-0.15, -0.1) is 12.4 Å². The molecule has 1 aromatic carbocycles. The zero-order valence-corrected chi connectivity index (χ0v) is 12.3. The van der Waals surface area contributed by atoms with Gasteiger partial charge < -0.3 is 10.1 Å². The number of halogens is 2. The summed E-state index contributed by atoms with van der Waals surface area (Å²) in [5, 5.41) is 4.30. The second kappa shape index (κ2) is 5.01. The molecular weight excluding hydrogens is 269 g/mol. The molecule has 2 aliphatic heterocycles. The number of fused-ring (bicyclic) bond motifs is 3. The number of hydrogen-bond acceptors (Lipinski definition) is 2. The molecule has 0 amide bonds. The van der Waals surface area contributed by atoms with Gasteiger partial charge in [0.25, 0.3) is 0 Å². The molecular formula is C14H19Cl2NO. The lowest BCUT2D eigenvalue weighted by atomic mass is 9.78. The molecule has 0 unspecified atom stereocenters. The Morgan fingerprint density at radius 3 is 3.00 bits per heavy atom. The second-order valence-electron chi connectivity index (χ2n) is 5.24. The van der Waals surface area contributed by atoms with Crippen LogP contribution in [0.5, 0.6) is 0 Å². The summed E-state index contributed by atoms with van der Waals surface area (Å²) < 4.78 is 6.05. The minimum Gasteiger partial charge on any atom is -0.369 e. The minimum atomic E-state index is -0.0540. The molecule has 0 aromatic heterocycles. The molecule has 4 heteroatoms. The van der Waals surface area contributed by atoms with Crippen molar-refractivity contribution in [1.82, 2.24) is 5.32 Å². The lowest BCUT2D eigenvalue weighted by Gasteiger charge is -2.38. The Labute approximate surface area is 119 Å². The summed E-state index contributed by atoms with van der Waals surface area (Å²) in [7, 11) is 0. The van der Waals surface area contributed by atoms with Crippen LogP contribution in [0.1, 0.15) is 36.5 Å². The van der Waals surface area contributed by atoms with Crippen LogP contribution in [0, 0.1) is 0 Å². The van der Waals surface area contributed by atoms with Crippen LogP contribution < -0.4 is 5.32 Å². The lowest BCUT2D eigenvalue weighted by Crippen LogP contribution is -2.40. The van der Waals surface area contributed by atoms with Gasteiger partial charge in [0.2, 0.25) is 0 Å². The summed E-state index contributed by atoms with van der Waals surface area (Å²) in [6.07, 6.45) is 1.06. The van der Waals surface area contributed by atoms with Gasteiger partial charge in [-0.05, 0) is 30.5 Å². The van der Waals surface area contributed by atoms with Gasteiger partial charge in [0.05, 0.1) is 12.2 Å². The van der Waals surface area contributed by atoms with E-state index in [0.29, 0.717) is 12.5 Å². The molecule has 1 saturated heterocycles. The normalized spacial score (nSPS) is 29.4. The Morgan fingerprint density at radius 2 is 2.28 bits per heavy atom. The maximum atomic E-state index is 6.31. The van der Waals surface area contributed by atoms with Crippen LogP contribution in [-0.2, 0) is 17.8 Å². The van der Waals surface area contributed by atoms with Crippen LogP contribution in [0.4, 0.5) is 0 Å². The zero-order chi connectivity index (χ0) is 12.0. The number of nitrogens with one attached hydrogen (secondary N) is 1. The average Bonchev–Trinajstić information content (AvgIpc) is 2.71. The Morgan fingerprint density at radius 1 is 1.50 bits per heavy atom. The van der Waals surface area contributed by atoms with Crippen LogP contribution in [-0.4, -0.2) is 18.7 Å². The van der Waals surface area contributed by atoms with Crippen molar-refractivity contribution in [3.05, 3.63) is 33.8 Å². The molecule has 0 saturated carbocycles. The molecule has 0 bridgehead atoms. The number of aryl methyl sites for hydroxylation is 1. The third-order valence-corrected chi connectivity index (χ3v) is 4.58. The third kappa shape index (κ3) is 1.96. The highest BCUT2D eigenvalue weighted by Gasteiger charge is 2.45. The largest absolute Gasteiger partial charge is 0.369 e. The first-order valence-electron chi connectivity index (χ1n) is 6.30. The summed E-state index contributed by atoms with van der Waals surface area (Å²) in [6, 6.07) is 4.18. The Kier molecular flexibility index (Phi) is 3.93. The van der Waals surface area contributed by atoms with Crippen LogP contribution in [0.3, 0.4) is 0 Å². The SMILES string of the molecule is CCc1ccc(Cl)c2c1[C@H]1CNC[C@@]1(C)OC2.Cl. The summed E-state index contributed by atoms with van der Waals surface area (Å²) in [5.74, 6) is 0.444. The lowest BCUT2D eigenvalue weighted by molar-refractivity contribution is -0.0519. The van der Waals surface area contributed by atoms with E-state index in [1.807, 2.05) is 6.07 Å². The number of rotatable bonds is 1. The molecule has 2 aliphatic rings. The van der Waals surface area contributed by atoms with Gasteiger partial charge in [-0.25, -0.2) is 0 Å². The molecule has 1 fully saturated rings. The third-order valence-electron chi connectivity index (χ3n) is 4.23. The molecule has 0 spiro atoms. The average molecular weight is 288 g/mol. The van der Waals surface area contributed by atoms with E-state index < -0.39 is 0 Å². The van der Waals surface area contributed by atoms with E-state index in [2.05, 4.69) is 25.2 Å². The summed E-state index contributed by atoms with van der Waals surface area (Å²) >= 11 is 6.31. The molecule has 0 aliphatic carbocycles. The Bertz CT molecular complexity index is 463. The van der Waals surface area contributed by atoms with Crippen molar-refractivity contribution in [2.24, 2.45) is 0 Å². The summed E-state index contributed by atoms with van der Waals surface area (Å²) in [5.41, 5.74) is 4.02. The van der Waals surface area contributed by atoms with Gasteiger partial charge >= 0.3 is 0 Å². The van der Waals surface area contributed by atoms with Crippen LogP contribution in [0.25, 0.3) is 0 Å². The van der Waals surface area contributed by atoms with E-state index in [1.165, 1.54) is 16.7 Å². The quantitative estimate of drug-likeness (QED) is 0.856. The fraction of sp³-hybridized carbons (Fsp3) is 0.571. The van der Waals surface area contributed by atoms with Crippen molar-refractivity contribution in [2.45, 2.75) is 38.4 Å². The first-order valence-corrected chi connectivity index (χ1v) is 6.68. The highest BCUT2D eigenvalue weighted by molar-refractivity contribution is 6.31. The van der Waals surface area contributed by atoms with Crippen LogP contribution >= 0.6 is 24.0 Å². The molecule has 2 heterocycles. The minimum absolute atomic E-state index is 0. The van der Waals surface area contributed by atoms with Gasteiger partial charge in [0.15, 0.2) is 0 Å². The van der Waals surface area contributed by atoms with E-state index in [9.17, 15) is 0 Å². The van der Waals surface area contributed by atoms with Crippen molar-refractivity contribution >= 4 is 24.0 Å². The van der Waals surface area contributed by atoms with Crippen molar-refractivity contribution in [3.63, 3.8) is 0 Å². The van der Waals surface area contributed by atoms with Crippen molar-refractivity contribution in [3.8, 4) is 0 Å². The smallest absolute Gasteiger partial charge is 0.0863 e. The van der Waals surface area contributed by atoms with E-state index in [0.717, 1.165) is 24.5 Å². The first kappa shape index (κ1) is 14.1. The summed E-state index contributed by atoms with van der Waals surface area (Å²) in [4.78, 5) is 0. The maximum Gasteiger partial charge on any atom is 0.0863 e. The van der Waals surface area contributed by atoms with Gasteiger partial charge in [-0.2, -0.15) is 0 Å². The molecule has 2 nitrogen and oxygen atoms in total. The molecule has 1 aromatic rings. The number of ether oxygens (including phenoxy) is 1. The number of benzene rings is 1. The molecule has 100 valence electrons. The first-order chi connectivity index (χ1) is 8.15. The van der Waals surface area contributed by atoms with Crippen LogP contribution in [0.15, 0.2) is 12.1 Å². The zero-order valence-electron chi connectivity index (χ0n) is 10.8. The fourth-order valence-corrected chi connectivity index (χ4v) is 3.39. The highest BCUT2D eigenvalue weighted by Crippen LogP contribution is 2.44. The molecule has 3 rings (SSSR count). The van der Waals surface area contributed by atoms with Crippen molar-refractivity contribution < 1.29 is 4.74 Å². The van der Waals surface area contributed by atoms with E-state index in [1.54, 1.807) is 0 Å². The van der Waals surface area contributed by atoms with Crippen molar-refractivity contribution in [1.29, 1.82) is 0 Å². The van der Waals surface area contributed by atoms with Gasteiger partial charge in [-0.1, -0.05) is 24.6 Å². The fourth-order valence-electron chi connectivity index (χ4n) is 3.18.